The molecule has 1 saturated heterocycles. The molecule has 32 heavy (non-hydrogen) atoms. The fourth-order valence-electron chi connectivity index (χ4n) is 5.58. The molecule has 2 aliphatic rings. The molecule has 1 aliphatic heterocycles. The van der Waals surface area contributed by atoms with Crippen molar-refractivity contribution >= 4 is 5.97 Å². The van der Waals surface area contributed by atoms with Crippen molar-refractivity contribution < 1.29 is 19.1 Å². The van der Waals surface area contributed by atoms with Crippen LogP contribution >= 0.6 is 0 Å². The fourth-order valence-corrected chi connectivity index (χ4v) is 5.58. The Morgan fingerprint density at radius 3 is 2.50 bits per heavy atom. The predicted molar refractivity (Wildman–Crippen MR) is 123 cm³/mol. The summed E-state index contributed by atoms with van der Waals surface area (Å²) in [7, 11) is 2.24. The van der Waals surface area contributed by atoms with Gasteiger partial charge in [-0.25, -0.2) is 0 Å². The summed E-state index contributed by atoms with van der Waals surface area (Å²) in [6.45, 7) is 2.83. The van der Waals surface area contributed by atoms with E-state index >= 15 is 0 Å². The Labute approximate surface area is 192 Å². The Bertz CT molecular complexity index is 869. The van der Waals surface area contributed by atoms with Gasteiger partial charge < -0.3 is 14.3 Å². The summed E-state index contributed by atoms with van der Waals surface area (Å²) in [5, 5.41) is 14.2. The minimum Gasteiger partial charge on any atom is -0.837 e. The Morgan fingerprint density at radius 2 is 1.78 bits per heavy atom. The fraction of sp³-hybridized carbons (Fsp3) is 0.556. The van der Waals surface area contributed by atoms with E-state index in [9.17, 15) is 9.90 Å². The highest BCUT2D eigenvalue weighted by Gasteiger charge is 2.41. The van der Waals surface area contributed by atoms with Crippen LogP contribution in [0, 0.1) is 5.92 Å². The molecule has 5 nitrogen and oxygen atoms in total. The molecule has 2 unspecified atom stereocenters. The van der Waals surface area contributed by atoms with Crippen LogP contribution in [-0.2, 0) is 21.6 Å². The number of pyridine rings is 1. The molecule has 1 saturated carbocycles. The van der Waals surface area contributed by atoms with Gasteiger partial charge in [0.25, 0.3) is 0 Å². The first-order valence-corrected chi connectivity index (χ1v) is 12.2. The van der Waals surface area contributed by atoms with E-state index in [0.717, 1.165) is 75.5 Å². The number of quaternary nitrogens is 1. The third kappa shape index (κ3) is 5.21. The highest BCUT2D eigenvalue weighted by atomic mass is 16.6. The second-order valence-electron chi connectivity index (χ2n) is 9.96. The second-order valence-corrected chi connectivity index (χ2v) is 9.96. The van der Waals surface area contributed by atoms with Gasteiger partial charge in [-0.15, -0.1) is 0 Å². The number of benzene rings is 1. The lowest BCUT2D eigenvalue weighted by Crippen LogP contribution is -2.59. The van der Waals surface area contributed by atoms with Gasteiger partial charge in [-0.05, 0) is 35.6 Å². The van der Waals surface area contributed by atoms with Crippen LogP contribution in [0.1, 0.15) is 56.1 Å². The van der Waals surface area contributed by atoms with Gasteiger partial charge in [-0.2, -0.15) is 0 Å². The van der Waals surface area contributed by atoms with E-state index in [4.69, 9.17) is 4.74 Å². The summed E-state index contributed by atoms with van der Waals surface area (Å²) < 4.78 is 6.90. The Morgan fingerprint density at radius 1 is 1.06 bits per heavy atom. The monoisotopic (exact) mass is 436 g/mol. The van der Waals surface area contributed by atoms with Crippen molar-refractivity contribution in [2.45, 2.75) is 63.1 Å². The molecular weight excluding hydrogens is 400 g/mol. The van der Waals surface area contributed by atoms with Crippen molar-refractivity contribution in [1.82, 2.24) is 4.98 Å². The van der Waals surface area contributed by atoms with Crippen molar-refractivity contribution in [3.8, 4) is 0 Å². The zero-order valence-corrected chi connectivity index (χ0v) is 19.2. The highest BCUT2D eigenvalue weighted by Crippen LogP contribution is 2.39. The summed E-state index contributed by atoms with van der Waals surface area (Å²) in [5.74, 6) is -0.759. The van der Waals surface area contributed by atoms with Crippen LogP contribution in [0.5, 0.6) is 0 Å². The number of piperidine rings is 1. The number of esters is 1. The average Bonchev–Trinajstić information content (AvgIpc) is 2.84. The Hall–Kier alpha value is -2.24. The summed E-state index contributed by atoms with van der Waals surface area (Å²) in [5.41, 5.74) is 0.0283. The number of carbonyl (C=O) groups is 1. The Balaban J connectivity index is 1.45. The smallest absolute Gasteiger partial charge is 0.300 e. The second kappa shape index (κ2) is 10.1. The van der Waals surface area contributed by atoms with E-state index in [0.29, 0.717) is 5.56 Å². The van der Waals surface area contributed by atoms with Crippen molar-refractivity contribution in [3.63, 3.8) is 0 Å². The summed E-state index contributed by atoms with van der Waals surface area (Å²) in [6, 6.07) is 13.3. The Kier molecular flexibility index (Phi) is 7.27. The lowest BCUT2D eigenvalue weighted by molar-refractivity contribution is -0.916. The molecule has 0 radical (unpaired) electrons. The van der Waals surface area contributed by atoms with Crippen molar-refractivity contribution in [3.05, 3.63) is 66.0 Å². The quantitative estimate of drug-likeness (QED) is 0.491. The topological polar surface area (TPSA) is 62.2 Å². The standard InChI is InChI=1S/C27H36N2O3/c1-29(20-16-22-14-17-28-18-15-22)19-8-13-25(21-29)32-26(30)27(31,23-9-4-2-5-10-23)24-11-6-3-7-12-24/h2,4-5,9-10,14-15,17-18,24-25H,3,6-8,11-13,16,19-21H2,1H3/t25?,27?,29-/m1/s1. The molecule has 2 heterocycles. The molecule has 0 N–H and O–H groups in total. The minimum absolute atomic E-state index is 0.192. The number of carbonyl (C=O) groups excluding carboxylic acids is 1. The first-order chi connectivity index (χ1) is 15.5. The minimum atomic E-state index is -1.81. The average molecular weight is 437 g/mol. The largest absolute Gasteiger partial charge is 0.837 e. The van der Waals surface area contributed by atoms with E-state index in [-0.39, 0.29) is 12.0 Å². The number of likely N-dealkylation sites (N-methyl/N-ethyl adjacent to an activating group) is 1. The summed E-state index contributed by atoms with van der Waals surface area (Å²) in [6.07, 6.45) is 11.1. The number of rotatable bonds is 7. The number of likely N-dealkylation sites (tertiary alicyclic amines) is 1. The van der Waals surface area contributed by atoms with Gasteiger partial charge in [0.15, 0.2) is 6.10 Å². The van der Waals surface area contributed by atoms with Gasteiger partial charge in [0, 0.05) is 30.8 Å². The zero-order chi connectivity index (χ0) is 22.4. The summed E-state index contributed by atoms with van der Waals surface area (Å²) in [4.78, 5) is 17.6. The first kappa shape index (κ1) is 22.9. The zero-order valence-electron chi connectivity index (χ0n) is 19.2. The maximum Gasteiger partial charge on any atom is 0.300 e. The normalized spacial score (nSPS) is 26.2. The molecule has 5 heteroatoms. The maximum atomic E-state index is 14.2. The molecule has 3 atom stereocenters. The molecule has 1 aromatic heterocycles. The molecule has 1 aliphatic carbocycles. The van der Waals surface area contributed by atoms with Gasteiger partial charge >= 0.3 is 5.97 Å². The molecular formula is C27H36N2O3. The molecule has 0 amide bonds. The van der Waals surface area contributed by atoms with Crippen LogP contribution in [0.15, 0.2) is 54.9 Å². The van der Waals surface area contributed by atoms with Gasteiger partial charge in [0.2, 0.25) is 0 Å². The molecule has 2 fully saturated rings. The first-order valence-electron chi connectivity index (χ1n) is 12.2. The van der Waals surface area contributed by atoms with Gasteiger partial charge in [-0.1, -0.05) is 62.4 Å². The molecule has 0 bridgehead atoms. The summed E-state index contributed by atoms with van der Waals surface area (Å²) >= 11 is 0. The number of aromatic nitrogens is 1. The SMILES string of the molecule is C[N@+]1(CCc2ccncc2)CCCC(OC(=O)C([O-])(c2ccccc2)C2CCCCC2)C1. The van der Waals surface area contributed by atoms with Crippen LogP contribution in [0.3, 0.4) is 0 Å². The van der Waals surface area contributed by atoms with Crippen LogP contribution in [0.2, 0.25) is 0 Å². The lowest BCUT2D eigenvalue weighted by Gasteiger charge is -2.48. The number of hydrogen-bond donors (Lipinski definition) is 0. The van der Waals surface area contributed by atoms with E-state index in [1.165, 1.54) is 5.56 Å². The molecule has 172 valence electrons. The maximum absolute atomic E-state index is 14.2. The van der Waals surface area contributed by atoms with Crippen molar-refractivity contribution in [1.29, 1.82) is 0 Å². The van der Waals surface area contributed by atoms with E-state index in [1.54, 1.807) is 12.1 Å². The van der Waals surface area contributed by atoms with Gasteiger partial charge in [0.05, 0.1) is 20.1 Å². The van der Waals surface area contributed by atoms with Gasteiger partial charge in [0.1, 0.15) is 6.54 Å². The van der Waals surface area contributed by atoms with Crippen LogP contribution in [0.25, 0.3) is 0 Å². The molecule has 4 rings (SSSR count). The van der Waals surface area contributed by atoms with E-state index < -0.39 is 11.6 Å². The number of nitrogens with zero attached hydrogens (tertiary/aromatic N) is 2. The van der Waals surface area contributed by atoms with Crippen LogP contribution in [-0.4, -0.2) is 48.2 Å². The molecule has 0 spiro atoms. The lowest BCUT2D eigenvalue weighted by atomic mass is 9.73. The van der Waals surface area contributed by atoms with Crippen molar-refractivity contribution in [2.75, 3.05) is 26.7 Å². The molecule has 2 aromatic rings. The van der Waals surface area contributed by atoms with Crippen LogP contribution < -0.4 is 5.11 Å². The van der Waals surface area contributed by atoms with E-state index in [2.05, 4.69) is 24.2 Å². The predicted octanol–water partition coefficient (Wildman–Crippen LogP) is 3.61. The third-order valence-electron chi connectivity index (χ3n) is 7.52. The van der Waals surface area contributed by atoms with Crippen LogP contribution in [0.4, 0.5) is 0 Å². The van der Waals surface area contributed by atoms with Crippen molar-refractivity contribution in [2.24, 2.45) is 5.92 Å². The molecule has 1 aromatic carbocycles. The number of hydrogen-bond acceptors (Lipinski definition) is 4. The van der Waals surface area contributed by atoms with Gasteiger partial charge in [-0.3, -0.25) is 9.78 Å². The third-order valence-corrected chi connectivity index (χ3v) is 7.52. The number of ether oxygens (including phenoxy) is 1. The van der Waals surface area contributed by atoms with E-state index in [1.807, 2.05) is 30.6 Å². The highest BCUT2D eigenvalue weighted by molar-refractivity contribution is 5.81.